The SMILES string of the molecule is NC1(F)NN(Sc2ccccc2)c2ncc(F)cc21. The van der Waals surface area contributed by atoms with E-state index >= 15 is 0 Å². The number of alkyl halides is 1. The Labute approximate surface area is 112 Å². The molecular weight excluding hydrogens is 270 g/mol. The predicted octanol–water partition coefficient (Wildman–Crippen LogP) is 2.29. The van der Waals surface area contributed by atoms with Gasteiger partial charge in [0.15, 0.2) is 5.82 Å². The molecule has 0 aliphatic carbocycles. The van der Waals surface area contributed by atoms with Crippen LogP contribution in [0.5, 0.6) is 0 Å². The van der Waals surface area contributed by atoms with Crippen LogP contribution < -0.4 is 15.6 Å². The fourth-order valence-corrected chi connectivity index (χ4v) is 2.68. The number of rotatable bonds is 2. The van der Waals surface area contributed by atoms with Crippen LogP contribution in [0.3, 0.4) is 0 Å². The van der Waals surface area contributed by atoms with Crippen LogP contribution in [-0.4, -0.2) is 4.98 Å². The maximum Gasteiger partial charge on any atom is 0.260 e. The number of hydrogen-bond donors (Lipinski definition) is 2. The number of pyridine rings is 1. The van der Waals surface area contributed by atoms with Crippen LogP contribution in [0.2, 0.25) is 0 Å². The molecule has 3 rings (SSSR count). The van der Waals surface area contributed by atoms with Crippen LogP contribution in [0, 0.1) is 5.82 Å². The highest BCUT2D eigenvalue weighted by molar-refractivity contribution is 8.00. The summed E-state index contributed by atoms with van der Waals surface area (Å²) >= 11 is 1.22. The first kappa shape index (κ1) is 12.3. The summed E-state index contributed by atoms with van der Waals surface area (Å²) in [7, 11) is 0. The summed E-state index contributed by atoms with van der Waals surface area (Å²) in [5.41, 5.74) is 7.89. The molecule has 0 saturated carbocycles. The third kappa shape index (κ3) is 2.27. The second-order valence-electron chi connectivity index (χ2n) is 4.05. The maximum absolute atomic E-state index is 14.1. The first-order valence-corrected chi connectivity index (χ1v) is 6.28. The van der Waals surface area contributed by atoms with Gasteiger partial charge in [-0.05, 0) is 18.2 Å². The van der Waals surface area contributed by atoms with E-state index in [0.29, 0.717) is 0 Å². The third-order valence-electron chi connectivity index (χ3n) is 2.62. The van der Waals surface area contributed by atoms with E-state index < -0.39 is 11.7 Å². The van der Waals surface area contributed by atoms with E-state index in [-0.39, 0.29) is 11.4 Å². The molecule has 0 spiro atoms. The second kappa shape index (κ2) is 4.44. The van der Waals surface area contributed by atoms with Gasteiger partial charge in [-0.3, -0.25) is 5.73 Å². The topological polar surface area (TPSA) is 54.2 Å². The highest BCUT2D eigenvalue weighted by atomic mass is 32.2. The van der Waals surface area contributed by atoms with Crippen LogP contribution in [0.25, 0.3) is 0 Å². The standard InChI is InChI=1S/C12H10F2N4S/c13-8-6-10-11(16-7-8)18(17-12(10,14)15)19-9-4-2-1-3-5-9/h1-7,17H,15H2. The Morgan fingerprint density at radius 1 is 1.32 bits per heavy atom. The van der Waals surface area contributed by atoms with E-state index in [1.807, 2.05) is 30.3 Å². The van der Waals surface area contributed by atoms with Crippen molar-refractivity contribution in [1.82, 2.24) is 10.4 Å². The van der Waals surface area contributed by atoms with Gasteiger partial charge in [-0.25, -0.2) is 18.2 Å². The van der Waals surface area contributed by atoms with Crippen molar-refractivity contribution in [3.63, 3.8) is 0 Å². The van der Waals surface area contributed by atoms with Crippen molar-refractivity contribution in [3.8, 4) is 0 Å². The molecule has 19 heavy (non-hydrogen) atoms. The van der Waals surface area contributed by atoms with E-state index in [9.17, 15) is 8.78 Å². The van der Waals surface area contributed by atoms with Crippen LogP contribution >= 0.6 is 11.9 Å². The Hall–Kier alpha value is -1.70. The van der Waals surface area contributed by atoms with Gasteiger partial charge in [0.25, 0.3) is 5.92 Å². The molecular formula is C12H10F2N4S. The largest absolute Gasteiger partial charge is 0.281 e. The molecule has 0 amide bonds. The smallest absolute Gasteiger partial charge is 0.260 e. The first-order valence-electron chi connectivity index (χ1n) is 5.51. The van der Waals surface area contributed by atoms with Crippen molar-refractivity contribution >= 4 is 17.8 Å². The van der Waals surface area contributed by atoms with E-state index in [1.54, 1.807) is 0 Å². The number of aromatic nitrogens is 1. The number of halogens is 2. The van der Waals surface area contributed by atoms with Crippen molar-refractivity contribution in [2.24, 2.45) is 5.73 Å². The zero-order valence-electron chi connectivity index (χ0n) is 9.68. The fraction of sp³-hybridized carbons (Fsp3) is 0.0833. The van der Waals surface area contributed by atoms with Gasteiger partial charge in [-0.2, -0.15) is 5.43 Å². The number of nitrogens with zero attached hydrogens (tertiary/aromatic N) is 2. The molecule has 3 N–H and O–H groups in total. The van der Waals surface area contributed by atoms with Crippen LogP contribution in [0.15, 0.2) is 47.5 Å². The molecule has 7 heteroatoms. The summed E-state index contributed by atoms with van der Waals surface area (Å²) < 4.78 is 28.7. The zero-order valence-corrected chi connectivity index (χ0v) is 10.5. The number of nitrogens with one attached hydrogen (secondary N) is 1. The lowest BCUT2D eigenvalue weighted by Gasteiger charge is -2.19. The first-order chi connectivity index (χ1) is 9.06. The van der Waals surface area contributed by atoms with Gasteiger partial charge in [0.2, 0.25) is 0 Å². The van der Waals surface area contributed by atoms with Gasteiger partial charge in [0, 0.05) is 16.8 Å². The Morgan fingerprint density at radius 2 is 2.05 bits per heavy atom. The maximum atomic E-state index is 14.1. The average Bonchev–Trinajstić information content (AvgIpc) is 2.62. The molecule has 0 radical (unpaired) electrons. The van der Waals surface area contributed by atoms with Gasteiger partial charge in [-0.1, -0.05) is 18.2 Å². The molecule has 0 saturated heterocycles. The molecule has 0 bridgehead atoms. The lowest BCUT2D eigenvalue weighted by molar-refractivity contribution is 0.142. The number of hydrazine groups is 1. The van der Waals surface area contributed by atoms with Crippen LogP contribution in [-0.2, 0) is 5.92 Å². The van der Waals surface area contributed by atoms with Gasteiger partial charge in [0.05, 0.1) is 11.8 Å². The number of fused-ring (bicyclic) bond motifs is 1. The van der Waals surface area contributed by atoms with Crippen molar-refractivity contribution in [2.45, 2.75) is 10.8 Å². The van der Waals surface area contributed by atoms with Gasteiger partial charge >= 0.3 is 0 Å². The summed E-state index contributed by atoms with van der Waals surface area (Å²) in [4.78, 5) is 4.76. The Balaban J connectivity index is 1.95. The minimum Gasteiger partial charge on any atom is -0.281 e. The number of benzene rings is 1. The molecule has 1 aliphatic heterocycles. The summed E-state index contributed by atoms with van der Waals surface area (Å²) in [5, 5.41) is 0. The Kier molecular flexibility index (Phi) is 2.89. The zero-order chi connectivity index (χ0) is 13.5. The minimum atomic E-state index is -2.33. The highest BCUT2D eigenvalue weighted by Crippen LogP contribution is 2.39. The van der Waals surface area contributed by atoms with Crippen molar-refractivity contribution in [1.29, 1.82) is 0 Å². The molecule has 98 valence electrons. The summed E-state index contributed by atoms with van der Waals surface area (Å²) in [6.45, 7) is 0. The molecule has 1 aliphatic rings. The normalized spacial score (nSPS) is 21.5. The molecule has 1 aromatic heterocycles. The fourth-order valence-electron chi connectivity index (χ4n) is 1.78. The molecule has 0 fully saturated rings. The molecule has 4 nitrogen and oxygen atoms in total. The summed E-state index contributed by atoms with van der Waals surface area (Å²) in [6, 6.07) is 10.4. The van der Waals surface area contributed by atoms with Crippen molar-refractivity contribution < 1.29 is 8.78 Å². The minimum absolute atomic E-state index is 0.0177. The van der Waals surface area contributed by atoms with Gasteiger partial charge in [-0.15, -0.1) is 0 Å². The van der Waals surface area contributed by atoms with E-state index in [4.69, 9.17) is 5.73 Å². The van der Waals surface area contributed by atoms with E-state index in [2.05, 4.69) is 10.4 Å². The summed E-state index contributed by atoms with van der Waals surface area (Å²) in [5.74, 6) is -2.69. The Bertz CT molecular complexity index is 606. The number of anilines is 1. The number of hydrogen-bond acceptors (Lipinski definition) is 5. The van der Waals surface area contributed by atoms with E-state index in [0.717, 1.165) is 17.2 Å². The molecule has 1 atom stereocenters. The lowest BCUT2D eigenvalue weighted by Crippen LogP contribution is -2.46. The summed E-state index contributed by atoms with van der Waals surface area (Å²) in [6.07, 6.45) is 1.03. The van der Waals surface area contributed by atoms with Crippen molar-refractivity contribution in [3.05, 3.63) is 54.0 Å². The molecule has 1 unspecified atom stereocenters. The quantitative estimate of drug-likeness (QED) is 0.653. The molecule has 1 aromatic carbocycles. The molecule has 2 heterocycles. The third-order valence-corrected chi connectivity index (χ3v) is 3.55. The predicted molar refractivity (Wildman–Crippen MR) is 69.1 cm³/mol. The Morgan fingerprint density at radius 3 is 2.79 bits per heavy atom. The average molecular weight is 280 g/mol. The monoisotopic (exact) mass is 280 g/mol. The van der Waals surface area contributed by atoms with Gasteiger partial charge < -0.3 is 0 Å². The lowest BCUT2D eigenvalue weighted by atomic mass is 10.2. The van der Waals surface area contributed by atoms with Gasteiger partial charge in [0.1, 0.15) is 5.82 Å². The number of nitrogens with two attached hydrogens (primary N) is 1. The second-order valence-corrected chi connectivity index (χ2v) is 5.07. The molecule has 2 aromatic rings. The van der Waals surface area contributed by atoms with E-state index in [1.165, 1.54) is 16.4 Å². The van der Waals surface area contributed by atoms with Crippen LogP contribution in [0.4, 0.5) is 14.6 Å². The van der Waals surface area contributed by atoms with Crippen molar-refractivity contribution in [2.75, 3.05) is 4.41 Å². The van der Waals surface area contributed by atoms with Crippen LogP contribution in [0.1, 0.15) is 5.56 Å². The highest BCUT2D eigenvalue weighted by Gasteiger charge is 2.41.